The fourth-order valence-corrected chi connectivity index (χ4v) is 1.85. The number of aromatic nitrogens is 1. The van der Waals surface area contributed by atoms with E-state index in [1.807, 2.05) is 4.90 Å². The molecule has 1 unspecified atom stereocenters. The standard InChI is InChI=1S/C11H14F3N3O/c12-11(13,14)7-18-10-5-9(1-3-16-10)17-4-2-8(15)6-17/h1,3,5,8H,2,4,6-7,15H2. The second-order valence-electron chi connectivity index (χ2n) is 4.25. The zero-order valence-corrected chi connectivity index (χ0v) is 9.65. The van der Waals surface area contributed by atoms with Crippen molar-refractivity contribution in [1.29, 1.82) is 0 Å². The van der Waals surface area contributed by atoms with Crippen LogP contribution in [0.3, 0.4) is 0 Å². The molecule has 4 nitrogen and oxygen atoms in total. The SMILES string of the molecule is NC1CCN(c2ccnc(OCC(F)(F)F)c2)C1. The van der Waals surface area contributed by atoms with Crippen LogP contribution in [0.25, 0.3) is 0 Å². The highest BCUT2D eigenvalue weighted by Gasteiger charge is 2.28. The number of pyridine rings is 1. The van der Waals surface area contributed by atoms with Crippen molar-refractivity contribution in [2.45, 2.75) is 18.6 Å². The molecule has 1 saturated heterocycles. The van der Waals surface area contributed by atoms with Gasteiger partial charge in [-0.1, -0.05) is 0 Å². The molecule has 0 radical (unpaired) electrons. The molecule has 18 heavy (non-hydrogen) atoms. The Hall–Kier alpha value is -1.50. The van der Waals surface area contributed by atoms with Gasteiger partial charge in [0.2, 0.25) is 5.88 Å². The highest BCUT2D eigenvalue weighted by molar-refractivity contribution is 5.49. The van der Waals surface area contributed by atoms with E-state index in [1.165, 1.54) is 12.3 Å². The maximum atomic E-state index is 12.0. The van der Waals surface area contributed by atoms with E-state index in [4.69, 9.17) is 5.73 Å². The fraction of sp³-hybridized carbons (Fsp3) is 0.545. The second kappa shape index (κ2) is 5.01. The van der Waals surface area contributed by atoms with Gasteiger partial charge >= 0.3 is 6.18 Å². The van der Waals surface area contributed by atoms with E-state index in [0.29, 0.717) is 6.54 Å². The van der Waals surface area contributed by atoms with Crippen molar-refractivity contribution in [3.05, 3.63) is 18.3 Å². The summed E-state index contributed by atoms with van der Waals surface area (Å²) < 4.78 is 40.6. The fourth-order valence-electron chi connectivity index (χ4n) is 1.85. The Kier molecular flexibility index (Phi) is 3.60. The van der Waals surface area contributed by atoms with Crippen LogP contribution >= 0.6 is 0 Å². The van der Waals surface area contributed by atoms with Crippen molar-refractivity contribution >= 4 is 5.69 Å². The van der Waals surface area contributed by atoms with Crippen molar-refractivity contribution in [3.8, 4) is 5.88 Å². The Labute approximate surface area is 103 Å². The first-order valence-electron chi connectivity index (χ1n) is 5.60. The van der Waals surface area contributed by atoms with Crippen LogP contribution < -0.4 is 15.4 Å². The lowest BCUT2D eigenvalue weighted by Crippen LogP contribution is -2.26. The number of halogens is 3. The highest BCUT2D eigenvalue weighted by atomic mass is 19.4. The molecule has 0 aromatic carbocycles. The van der Waals surface area contributed by atoms with E-state index >= 15 is 0 Å². The van der Waals surface area contributed by atoms with E-state index < -0.39 is 12.8 Å². The molecule has 0 aliphatic carbocycles. The van der Waals surface area contributed by atoms with E-state index in [1.54, 1.807) is 6.07 Å². The molecule has 0 amide bonds. The third kappa shape index (κ3) is 3.49. The summed E-state index contributed by atoms with van der Waals surface area (Å²) in [5.41, 5.74) is 6.57. The van der Waals surface area contributed by atoms with Crippen LogP contribution in [0.4, 0.5) is 18.9 Å². The summed E-state index contributed by atoms with van der Waals surface area (Å²) in [6, 6.07) is 3.35. The molecule has 1 aromatic rings. The number of nitrogens with two attached hydrogens (primary N) is 1. The summed E-state index contributed by atoms with van der Waals surface area (Å²) in [4.78, 5) is 5.76. The molecule has 0 bridgehead atoms. The number of anilines is 1. The van der Waals surface area contributed by atoms with Crippen molar-refractivity contribution in [2.24, 2.45) is 5.73 Å². The van der Waals surface area contributed by atoms with Gasteiger partial charge in [-0.25, -0.2) is 4.98 Å². The van der Waals surface area contributed by atoms with Gasteiger partial charge in [-0.05, 0) is 12.5 Å². The van der Waals surface area contributed by atoms with Gasteiger partial charge in [0.1, 0.15) is 0 Å². The summed E-state index contributed by atoms with van der Waals surface area (Å²) in [6.07, 6.45) is -2.04. The Bertz CT molecular complexity index is 411. The lowest BCUT2D eigenvalue weighted by Gasteiger charge is -2.18. The van der Waals surface area contributed by atoms with Gasteiger partial charge in [-0.3, -0.25) is 0 Å². The van der Waals surface area contributed by atoms with Crippen LogP contribution in [0.2, 0.25) is 0 Å². The van der Waals surface area contributed by atoms with Gasteiger partial charge in [-0.2, -0.15) is 13.2 Å². The summed E-state index contributed by atoms with van der Waals surface area (Å²) in [7, 11) is 0. The molecule has 100 valence electrons. The molecular formula is C11H14F3N3O. The molecule has 1 aliphatic heterocycles. The Balaban J connectivity index is 2.01. The van der Waals surface area contributed by atoms with Crippen molar-refractivity contribution in [1.82, 2.24) is 4.98 Å². The quantitative estimate of drug-likeness (QED) is 0.897. The summed E-state index contributed by atoms with van der Waals surface area (Å²) in [5, 5.41) is 0. The maximum absolute atomic E-state index is 12.0. The zero-order valence-electron chi connectivity index (χ0n) is 9.65. The first kappa shape index (κ1) is 12.9. The monoisotopic (exact) mass is 261 g/mol. The second-order valence-corrected chi connectivity index (χ2v) is 4.25. The number of nitrogens with zero attached hydrogens (tertiary/aromatic N) is 2. The van der Waals surface area contributed by atoms with Crippen LogP contribution in [-0.2, 0) is 0 Å². The largest absolute Gasteiger partial charge is 0.468 e. The minimum Gasteiger partial charge on any atom is -0.468 e. The normalized spacial score (nSPS) is 20.2. The minimum atomic E-state index is -4.35. The van der Waals surface area contributed by atoms with Crippen LogP contribution in [0, 0.1) is 0 Å². The van der Waals surface area contributed by atoms with Gasteiger partial charge in [0.25, 0.3) is 0 Å². The average Bonchev–Trinajstić information content (AvgIpc) is 2.73. The Morgan fingerprint density at radius 3 is 2.89 bits per heavy atom. The van der Waals surface area contributed by atoms with E-state index in [2.05, 4.69) is 9.72 Å². The minimum absolute atomic E-state index is 0.0229. The number of ether oxygens (including phenoxy) is 1. The van der Waals surface area contributed by atoms with Crippen LogP contribution in [0.5, 0.6) is 5.88 Å². The van der Waals surface area contributed by atoms with Crippen LogP contribution in [0.15, 0.2) is 18.3 Å². The molecule has 0 saturated carbocycles. The first-order chi connectivity index (χ1) is 8.44. The molecule has 7 heteroatoms. The Morgan fingerprint density at radius 2 is 2.28 bits per heavy atom. The lowest BCUT2D eigenvalue weighted by atomic mass is 10.3. The van der Waals surface area contributed by atoms with E-state index in [9.17, 15) is 13.2 Å². The summed E-state index contributed by atoms with van der Waals surface area (Å²) >= 11 is 0. The third-order valence-electron chi connectivity index (χ3n) is 2.69. The summed E-state index contributed by atoms with van der Waals surface area (Å²) in [5.74, 6) is -0.0229. The molecule has 1 aromatic heterocycles. The molecule has 1 atom stereocenters. The van der Waals surface area contributed by atoms with E-state index in [-0.39, 0.29) is 11.9 Å². The van der Waals surface area contributed by atoms with Crippen LogP contribution in [0.1, 0.15) is 6.42 Å². The predicted molar refractivity (Wildman–Crippen MR) is 60.6 cm³/mol. The maximum Gasteiger partial charge on any atom is 0.422 e. The summed E-state index contributed by atoms with van der Waals surface area (Å²) in [6.45, 7) is 0.162. The van der Waals surface area contributed by atoms with Gasteiger partial charge in [0, 0.05) is 37.1 Å². The zero-order chi connectivity index (χ0) is 13.2. The van der Waals surface area contributed by atoms with Gasteiger partial charge in [-0.15, -0.1) is 0 Å². The van der Waals surface area contributed by atoms with E-state index in [0.717, 1.165) is 18.7 Å². The van der Waals surface area contributed by atoms with Crippen LogP contribution in [-0.4, -0.2) is 36.9 Å². The number of hydrogen-bond donors (Lipinski definition) is 1. The number of hydrogen-bond acceptors (Lipinski definition) is 4. The lowest BCUT2D eigenvalue weighted by molar-refractivity contribution is -0.154. The predicted octanol–water partition coefficient (Wildman–Crippen LogP) is 1.56. The van der Waals surface area contributed by atoms with Crippen molar-refractivity contribution < 1.29 is 17.9 Å². The van der Waals surface area contributed by atoms with Gasteiger partial charge < -0.3 is 15.4 Å². The molecular weight excluding hydrogens is 247 g/mol. The first-order valence-corrected chi connectivity index (χ1v) is 5.60. The number of rotatable bonds is 3. The molecule has 2 N–H and O–H groups in total. The topological polar surface area (TPSA) is 51.4 Å². The smallest absolute Gasteiger partial charge is 0.422 e. The highest BCUT2D eigenvalue weighted by Crippen LogP contribution is 2.23. The number of alkyl halides is 3. The molecule has 1 aliphatic rings. The average molecular weight is 261 g/mol. The molecule has 1 fully saturated rings. The van der Waals surface area contributed by atoms with Crippen molar-refractivity contribution in [2.75, 3.05) is 24.6 Å². The Morgan fingerprint density at radius 1 is 1.50 bits per heavy atom. The van der Waals surface area contributed by atoms with Gasteiger partial charge in [0.15, 0.2) is 6.61 Å². The molecule has 0 spiro atoms. The molecule has 2 rings (SSSR count). The van der Waals surface area contributed by atoms with Crippen molar-refractivity contribution in [3.63, 3.8) is 0 Å². The molecule has 2 heterocycles. The van der Waals surface area contributed by atoms with Gasteiger partial charge in [0.05, 0.1) is 0 Å². The third-order valence-corrected chi connectivity index (χ3v) is 2.69.